The van der Waals surface area contributed by atoms with E-state index in [9.17, 15) is 0 Å². The number of ether oxygens (including phenoxy) is 1. The molecule has 0 bridgehead atoms. The van der Waals surface area contributed by atoms with Crippen LogP contribution < -0.4 is 5.73 Å². The molecule has 2 aliphatic rings. The average Bonchev–Trinajstić information content (AvgIpc) is 2.39. The Hall–Kier alpha value is -0.120. The minimum Gasteiger partial charge on any atom is -0.377 e. The van der Waals surface area contributed by atoms with Gasteiger partial charge in [-0.15, -0.1) is 0 Å². The van der Waals surface area contributed by atoms with E-state index in [0.29, 0.717) is 12.0 Å². The van der Waals surface area contributed by atoms with Crippen molar-refractivity contribution in [3.63, 3.8) is 0 Å². The van der Waals surface area contributed by atoms with Crippen molar-refractivity contribution in [2.75, 3.05) is 26.7 Å². The third-order valence-electron chi connectivity index (χ3n) is 5.57. The molecule has 2 N–H and O–H groups in total. The van der Waals surface area contributed by atoms with E-state index in [-0.39, 0.29) is 11.0 Å². The minimum atomic E-state index is -0.0704. The molecule has 1 aliphatic carbocycles. The third kappa shape index (κ3) is 2.57. The topological polar surface area (TPSA) is 38.5 Å². The van der Waals surface area contributed by atoms with Crippen LogP contribution in [0.1, 0.15) is 52.9 Å². The van der Waals surface area contributed by atoms with Gasteiger partial charge in [-0.1, -0.05) is 33.6 Å². The lowest BCUT2D eigenvalue weighted by Gasteiger charge is -2.67. The van der Waals surface area contributed by atoms with Gasteiger partial charge in [0.2, 0.25) is 0 Å². The first kappa shape index (κ1) is 15.3. The van der Waals surface area contributed by atoms with Crippen LogP contribution in [-0.4, -0.2) is 43.3 Å². The molecule has 1 heterocycles. The summed E-state index contributed by atoms with van der Waals surface area (Å²) in [4.78, 5) is 2.43. The summed E-state index contributed by atoms with van der Waals surface area (Å²) in [6.45, 7) is 9.94. The molecule has 0 amide bonds. The number of hydrogen-bond donors (Lipinski definition) is 1. The molecular weight excluding hydrogens is 236 g/mol. The molecule has 0 aromatic rings. The highest BCUT2D eigenvalue weighted by Gasteiger charge is 2.66. The van der Waals surface area contributed by atoms with Gasteiger partial charge in [0.15, 0.2) is 0 Å². The standard InChI is InChI=1S/C16H32N2O/c1-5-6-7-10-18(4)12-16(17)13-9-8-11-19-14(13)15(16,2)3/h13-14H,5-12,17H2,1-4H3. The summed E-state index contributed by atoms with van der Waals surface area (Å²) in [6, 6.07) is 0. The van der Waals surface area contributed by atoms with Crippen molar-refractivity contribution in [2.24, 2.45) is 17.1 Å². The average molecular weight is 268 g/mol. The number of unbranched alkanes of at least 4 members (excludes halogenated alkanes) is 2. The van der Waals surface area contributed by atoms with Gasteiger partial charge in [-0.2, -0.15) is 0 Å². The Bertz CT molecular complexity index is 305. The van der Waals surface area contributed by atoms with Crippen molar-refractivity contribution in [3.8, 4) is 0 Å². The van der Waals surface area contributed by atoms with Crippen LogP contribution >= 0.6 is 0 Å². The van der Waals surface area contributed by atoms with E-state index in [1.807, 2.05) is 0 Å². The molecule has 3 heteroatoms. The molecule has 3 nitrogen and oxygen atoms in total. The quantitative estimate of drug-likeness (QED) is 0.753. The molecular formula is C16H32N2O. The molecule has 3 atom stereocenters. The normalized spacial score (nSPS) is 36.9. The second-order valence-electron chi connectivity index (χ2n) is 7.25. The highest BCUT2D eigenvalue weighted by Crippen LogP contribution is 2.57. The third-order valence-corrected chi connectivity index (χ3v) is 5.57. The Morgan fingerprint density at radius 3 is 2.74 bits per heavy atom. The predicted octanol–water partition coefficient (Wildman–Crippen LogP) is 2.64. The van der Waals surface area contributed by atoms with E-state index < -0.39 is 0 Å². The summed E-state index contributed by atoms with van der Waals surface area (Å²) < 4.78 is 5.97. The number of nitrogens with two attached hydrogens (primary N) is 1. The molecule has 112 valence electrons. The molecule has 0 aromatic heterocycles. The number of fused-ring (bicyclic) bond motifs is 1. The van der Waals surface area contributed by atoms with E-state index in [2.05, 4.69) is 32.7 Å². The van der Waals surface area contributed by atoms with Gasteiger partial charge in [0.05, 0.1) is 6.10 Å². The summed E-state index contributed by atoms with van der Waals surface area (Å²) in [5.74, 6) is 0.560. The first-order valence-corrected chi connectivity index (χ1v) is 8.02. The van der Waals surface area contributed by atoms with E-state index >= 15 is 0 Å². The number of nitrogens with zero attached hydrogens (tertiary/aromatic N) is 1. The van der Waals surface area contributed by atoms with Crippen LogP contribution in [0.25, 0.3) is 0 Å². The van der Waals surface area contributed by atoms with Gasteiger partial charge in [0.25, 0.3) is 0 Å². The smallest absolute Gasteiger partial charge is 0.0690 e. The zero-order valence-corrected chi connectivity index (χ0v) is 13.2. The van der Waals surface area contributed by atoms with Gasteiger partial charge in [-0.25, -0.2) is 0 Å². The number of likely N-dealkylation sites (N-methyl/N-ethyl adjacent to an activating group) is 1. The summed E-state index contributed by atoms with van der Waals surface area (Å²) >= 11 is 0. The zero-order valence-electron chi connectivity index (χ0n) is 13.2. The molecule has 3 unspecified atom stereocenters. The van der Waals surface area contributed by atoms with Crippen molar-refractivity contribution in [2.45, 2.75) is 64.5 Å². The van der Waals surface area contributed by atoms with E-state index in [4.69, 9.17) is 10.5 Å². The van der Waals surface area contributed by atoms with Gasteiger partial charge in [0.1, 0.15) is 0 Å². The monoisotopic (exact) mass is 268 g/mol. The fourth-order valence-corrected chi connectivity index (χ4v) is 4.14. The van der Waals surface area contributed by atoms with Gasteiger partial charge < -0.3 is 15.4 Å². The Morgan fingerprint density at radius 2 is 2.05 bits per heavy atom. The van der Waals surface area contributed by atoms with Crippen molar-refractivity contribution >= 4 is 0 Å². The molecule has 1 saturated heterocycles. The molecule has 0 spiro atoms. The largest absolute Gasteiger partial charge is 0.377 e. The molecule has 2 fully saturated rings. The fraction of sp³-hybridized carbons (Fsp3) is 1.00. The molecule has 1 saturated carbocycles. The Morgan fingerprint density at radius 1 is 1.32 bits per heavy atom. The van der Waals surface area contributed by atoms with Crippen LogP contribution in [0.4, 0.5) is 0 Å². The minimum absolute atomic E-state index is 0.0704. The summed E-state index contributed by atoms with van der Waals surface area (Å²) in [6.07, 6.45) is 6.69. The van der Waals surface area contributed by atoms with Crippen LogP contribution in [-0.2, 0) is 4.74 Å². The first-order valence-electron chi connectivity index (χ1n) is 8.02. The highest BCUT2D eigenvalue weighted by atomic mass is 16.5. The van der Waals surface area contributed by atoms with Crippen LogP contribution in [0, 0.1) is 11.3 Å². The lowest BCUT2D eigenvalue weighted by atomic mass is 9.46. The summed E-state index contributed by atoms with van der Waals surface area (Å²) in [5, 5.41) is 0. The van der Waals surface area contributed by atoms with Gasteiger partial charge >= 0.3 is 0 Å². The van der Waals surface area contributed by atoms with Crippen molar-refractivity contribution in [1.82, 2.24) is 4.90 Å². The summed E-state index contributed by atoms with van der Waals surface area (Å²) in [7, 11) is 2.22. The van der Waals surface area contributed by atoms with Crippen LogP contribution in [0.3, 0.4) is 0 Å². The first-order chi connectivity index (χ1) is 8.93. The van der Waals surface area contributed by atoms with E-state index in [1.54, 1.807) is 0 Å². The number of rotatable bonds is 6. The maximum absolute atomic E-state index is 6.82. The molecule has 0 aromatic carbocycles. The van der Waals surface area contributed by atoms with Gasteiger partial charge in [-0.05, 0) is 32.9 Å². The fourth-order valence-electron chi connectivity index (χ4n) is 4.14. The van der Waals surface area contributed by atoms with Gasteiger partial charge in [-0.3, -0.25) is 0 Å². The lowest BCUT2D eigenvalue weighted by Crippen LogP contribution is -2.80. The highest BCUT2D eigenvalue weighted by molar-refractivity contribution is 5.20. The Labute approximate surface area is 118 Å². The van der Waals surface area contributed by atoms with E-state index in [0.717, 1.165) is 13.2 Å². The van der Waals surface area contributed by atoms with E-state index in [1.165, 1.54) is 38.6 Å². The predicted molar refractivity (Wildman–Crippen MR) is 80.2 cm³/mol. The molecule has 2 rings (SSSR count). The zero-order chi connectivity index (χ0) is 14.1. The van der Waals surface area contributed by atoms with Gasteiger partial charge in [0, 0.05) is 30.0 Å². The summed E-state index contributed by atoms with van der Waals surface area (Å²) in [5.41, 5.74) is 6.86. The lowest BCUT2D eigenvalue weighted by molar-refractivity contribution is -0.231. The second kappa shape index (κ2) is 5.71. The molecule has 1 aliphatic heterocycles. The van der Waals surface area contributed by atoms with Crippen LogP contribution in [0.5, 0.6) is 0 Å². The van der Waals surface area contributed by atoms with Crippen molar-refractivity contribution in [3.05, 3.63) is 0 Å². The maximum atomic E-state index is 6.82. The molecule has 0 radical (unpaired) electrons. The van der Waals surface area contributed by atoms with Crippen LogP contribution in [0.15, 0.2) is 0 Å². The Kier molecular flexibility index (Phi) is 4.59. The SMILES string of the molecule is CCCCCN(C)CC1(N)C2CCCOC2C1(C)C. The molecule has 19 heavy (non-hydrogen) atoms. The second-order valence-corrected chi connectivity index (χ2v) is 7.25. The number of hydrogen-bond acceptors (Lipinski definition) is 3. The van der Waals surface area contributed by atoms with Crippen LogP contribution in [0.2, 0.25) is 0 Å². The van der Waals surface area contributed by atoms with Crippen molar-refractivity contribution in [1.29, 1.82) is 0 Å². The maximum Gasteiger partial charge on any atom is 0.0690 e. The Balaban J connectivity index is 1.93. The van der Waals surface area contributed by atoms with Crippen molar-refractivity contribution < 1.29 is 4.74 Å².